The van der Waals surface area contributed by atoms with Crippen LogP contribution in [0.2, 0.25) is 0 Å². The summed E-state index contributed by atoms with van der Waals surface area (Å²) in [6.45, 7) is 4.70. The third kappa shape index (κ3) is 3.92. The summed E-state index contributed by atoms with van der Waals surface area (Å²) in [5.74, 6) is 0.464. The Balaban J connectivity index is 2.02. The Labute approximate surface area is 116 Å². The number of nitrogens with one attached hydrogen (secondary N) is 1. The van der Waals surface area contributed by atoms with Crippen LogP contribution in [0.1, 0.15) is 6.92 Å². The fourth-order valence-electron chi connectivity index (χ4n) is 1.73. The van der Waals surface area contributed by atoms with E-state index in [1.807, 2.05) is 4.90 Å². The first-order valence-corrected chi connectivity index (χ1v) is 6.42. The third-order valence-electron chi connectivity index (χ3n) is 2.63. The minimum absolute atomic E-state index is 0.0140. The van der Waals surface area contributed by atoms with Gasteiger partial charge >= 0.3 is 5.97 Å². The summed E-state index contributed by atoms with van der Waals surface area (Å²) >= 11 is 0. The molecule has 3 N–H and O–H groups in total. The second-order valence-electron chi connectivity index (χ2n) is 4.08. The molecular weight excluding hydrogens is 264 g/mol. The van der Waals surface area contributed by atoms with Gasteiger partial charge in [-0.25, -0.2) is 0 Å². The van der Waals surface area contributed by atoms with Gasteiger partial charge in [0.25, 0.3) is 0 Å². The van der Waals surface area contributed by atoms with Crippen molar-refractivity contribution < 1.29 is 14.3 Å². The van der Waals surface area contributed by atoms with Crippen molar-refractivity contribution in [1.29, 1.82) is 0 Å². The van der Waals surface area contributed by atoms with Crippen LogP contribution < -0.4 is 16.0 Å². The van der Waals surface area contributed by atoms with E-state index in [4.69, 9.17) is 15.2 Å². The molecule has 0 aliphatic carbocycles. The van der Waals surface area contributed by atoms with E-state index in [-0.39, 0.29) is 24.4 Å². The highest BCUT2D eigenvalue weighted by atomic mass is 16.5. The van der Waals surface area contributed by atoms with Crippen LogP contribution in [0.4, 0.5) is 17.8 Å². The Morgan fingerprint density at radius 2 is 2.15 bits per heavy atom. The summed E-state index contributed by atoms with van der Waals surface area (Å²) in [4.78, 5) is 25.5. The monoisotopic (exact) mass is 282 g/mol. The van der Waals surface area contributed by atoms with Crippen LogP contribution >= 0.6 is 0 Å². The maximum Gasteiger partial charge on any atom is 0.325 e. The molecule has 9 heteroatoms. The largest absolute Gasteiger partial charge is 0.465 e. The summed E-state index contributed by atoms with van der Waals surface area (Å²) in [5, 5.41) is 2.77. The Bertz CT molecular complexity index is 463. The summed E-state index contributed by atoms with van der Waals surface area (Å²) in [7, 11) is 0. The van der Waals surface area contributed by atoms with E-state index in [1.165, 1.54) is 0 Å². The summed E-state index contributed by atoms with van der Waals surface area (Å²) in [5.41, 5.74) is 5.65. The summed E-state index contributed by atoms with van der Waals surface area (Å²) in [6.07, 6.45) is 0. The van der Waals surface area contributed by atoms with Crippen LogP contribution in [-0.2, 0) is 14.3 Å². The molecule has 0 aromatic carbocycles. The van der Waals surface area contributed by atoms with Gasteiger partial charge in [-0.3, -0.25) is 4.79 Å². The van der Waals surface area contributed by atoms with Crippen molar-refractivity contribution in [2.24, 2.45) is 0 Å². The van der Waals surface area contributed by atoms with Crippen LogP contribution in [0.15, 0.2) is 0 Å². The molecule has 2 heterocycles. The minimum atomic E-state index is -0.376. The molecule has 0 bridgehead atoms. The third-order valence-corrected chi connectivity index (χ3v) is 2.63. The Kier molecular flexibility index (Phi) is 4.88. The highest BCUT2D eigenvalue weighted by Gasteiger charge is 2.16. The van der Waals surface area contributed by atoms with Gasteiger partial charge < -0.3 is 25.4 Å². The zero-order valence-electron chi connectivity index (χ0n) is 11.3. The normalized spacial score (nSPS) is 14.9. The molecule has 0 saturated carbocycles. The van der Waals surface area contributed by atoms with E-state index in [0.29, 0.717) is 38.9 Å². The van der Waals surface area contributed by atoms with Crippen molar-refractivity contribution in [3.05, 3.63) is 0 Å². The maximum absolute atomic E-state index is 11.3. The van der Waals surface area contributed by atoms with Crippen molar-refractivity contribution in [2.75, 3.05) is 55.4 Å². The van der Waals surface area contributed by atoms with Crippen LogP contribution in [0, 0.1) is 0 Å². The lowest BCUT2D eigenvalue weighted by molar-refractivity contribution is -0.140. The number of carbonyl (C=O) groups is 1. The van der Waals surface area contributed by atoms with Gasteiger partial charge in [0.05, 0.1) is 19.8 Å². The van der Waals surface area contributed by atoms with Crippen molar-refractivity contribution >= 4 is 23.8 Å². The lowest BCUT2D eigenvalue weighted by atomic mass is 10.4. The van der Waals surface area contributed by atoms with E-state index in [9.17, 15) is 4.79 Å². The van der Waals surface area contributed by atoms with Gasteiger partial charge in [-0.05, 0) is 6.92 Å². The van der Waals surface area contributed by atoms with Gasteiger partial charge in [-0.15, -0.1) is 0 Å². The lowest BCUT2D eigenvalue weighted by Crippen LogP contribution is -2.37. The molecule has 0 amide bonds. The van der Waals surface area contributed by atoms with Gasteiger partial charge in [-0.1, -0.05) is 0 Å². The molecule has 1 fully saturated rings. The predicted molar refractivity (Wildman–Crippen MR) is 72.4 cm³/mol. The summed E-state index contributed by atoms with van der Waals surface area (Å²) in [6, 6.07) is 0. The molecule has 1 aromatic heterocycles. The topological polar surface area (TPSA) is 115 Å². The van der Waals surface area contributed by atoms with E-state index in [2.05, 4.69) is 20.3 Å². The molecule has 1 saturated heterocycles. The molecule has 0 spiro atoms. The number of morpholine rings is 1. The van der Waals surface area contributed by atoms with Gasteiger partial charge in [0.15, 0.2) is 0 Å². The van der Waals surface area contributed by atoms with Gasteiger partial charge in [0.1, 0.15) is 6.54 Å². The molecule has 1 aliphatic rings. The molecule has 1 aromatic rings. The molecule has 0 atom stereocenters. The summed E-state index contributed by atoms with van der Waals surface area (Å²) < 4.78 is 10.1. The quantitative estimate of drug-likeness (QED) is 0.674. The van der Waals surface area contributed by atoms with Crippen molar-refractivity contribution in [3.63, 3.8) is 0 Å². The van der Waals surface area contributed by atoms with Gasteiger partial charge in [0, 0.05) is 13.1 Å². The zero-order valence-corrected chi connectivity index (χ0v) is 11.3. The average Bonchev–Trinajstić information content (AvgIpc) is 2.46. The molecule has 9 nitrogen and oxygen atoms in total. The van der Waals surface area contributed by atoms with Crippen molar-refractivity contribution in [2.45, 2.75) is 6.92 Å². The molecule has 1 aliphatic heterocycles. The standard InChI is InChI=1S/C11H18N6O3/c1-2-20-8(18)7-13-10-14-9(12)15-11(16-10)17-3-5-19-6-4-17/h2-7H2,1H3,(H3,12,13,14,15,16). The van der Waals surface area contributed by atoms with Crippen molar-refractivity contribution in [1.82, 2.24) is 15.0 Å². The number of hydrogen-bond acceptors (Lipinski definition) is 9. The smallest absolute Gasteiger partial charge is 0.325 e. The number of aromatic nitrogens is 3. The van der Waals surface area contributed by atoms with E-state index < -0.39 is 0 Å². The number of ether oxygens (including phenoxy) is 2. The number of esters is 1. The predicted octanol–water partition coefficient (Wildman–Crippen LogP) is -0.735. The number of hydrogen-bond donors (Lipinski definition) is 2. The highest BCUT2D eigenvalue weighted by Crippen LogP contribution is 2.13. The van der Waals surface area contributed by atoms with Crippen LogP contribution in [-0.4, -0.2) is 60.4 Å². The minimum Gasteiger partial charge on any atom is -0.465 e. The van der Waals surface area contributed by atoms with E-state index in [1.54, 1.807) is 6.92 Å². The maximum atomic E-state index is 11.3. The highest BCUT2D eigenvalue weighted by molar-refractivity contribution is 5.74. The number of carbonyl (C=O) groups excluding carboxylic acids is 1. The first kappa shape index (κ1) is 14.3. The molecule has 110 valence electrons. The molecule has 20 heavy (non-hydrogen) atoms. The first-order valence-electron chi connectivity index (χ1n) is 6.42. The van der Waals surface area contributed by atoms with E-state index in [0.717, 1.165) is 0 Å². The molecule has 0 radical (unpaired) electrons. The van der Waals surface area contributed by atoms with Crippen molar-refractivity contribution in [3.8, 4) is 0 Å². The molecular formula is C11H18N6O3. The first-order chi connectivity index (χ1) is 9.69. The van der Waals surface area contributed by atoms with Crippen LogP contribution in [0.3, 0.4) is 0 Å². The number of rotatable bonds is 5. The molecule has 0 unspecified atom stereocenters. The van der Waals surface area contributed by atoms with Gasteiger partial charge in [0.2, 0.25) is 17.8 Å². The zero-order chi connectivity index (χ0) is 14.4. The average molecular weight is 282 g/mol. The van der Waals surface area contributed by atoms with E-state index >= 15 is 0 Å². The lowest BCUT2D eigenvalue weighted by Gasteiger charge is -2.26. The molecule has 2 rings (SSSR count). The second-order valence-corrected chi connectivity index (χ2v) is 4.08. The Hall–Kier alpha value is -2.16. The van der Waals surface area contributed by atoms with Crippen LogP contribution in [0.5, 0.6) is 0 Å². The Morgan fingerprint density at radius 1 is 1.40 bits per heavy atom. The van der Waals surface area contributed by atoms with Crippen LogP contribution in [0.25, 0.3) is 0 Å². The fourth-order valence-corrected chi connectivity index (χ4v) is 1.73. The second kappa shape index (κ2) is 6.85. The number of nitrogens with zero attached hydrogens (tertiary/aromatic N) is 4. The number of nitrogen functional groups attached to an aromatic ring is 1. The van der Waals surface area contributed by atoms with Gasteiger partial charge in [-0.2, -0.15) is 15.0 Å². The SMILES string of the molecule is CCOC(=O)CNc1nc(N)nc(N2CCOCC2)n1. The fraction of sp³-hybridized carbons (Fsp3) is 0.636. The number of anilines is 3. The number of nitrogens with two attached hydrogens (primary N) is 1. The Morgan fingerprint density at radius 3 is 2.85 bits per heavy atom.